The predicted molar refractivity (Wildman–Crippen MR) is 92.0 cm³/mol. The van der Waals surface area contributed by atoms with Crippen LogP contribution in [0.3, 0.4) is 0 Å². The third-order valence-corrected chi connectivity index (χ3v) is 5.13. The van der Waals surface area contributed by atoms with Gasteiger partial charge in [0.05, 0.1) is 5.56 Å². The first-order valence-corrected chi connectivity index (χ1v) is 8.96. The molecule has 1 saturated heterocycles. The van der Waals surface area contributed by atoms with E-state index in [4.69, 9.17) is 4.42 Å². The summed E-state index contributed by atoms with van der Waals surface area (Å²) < 4.78 is 5.70. The van der Waals surface area contributed by atoms with E-state index in [0.29, 0.717) is 23.2 Å². The van der Waals surface area contributed by atoms with Crippen LogP contribution in [0.2, 0.25) is 0 Å². The lowest BCUT2D eigenvalue weighted by molar-refractivity contribution is 0.148. The van der Waals surface area contributed by atoms with Gasteiger partial charge in [0.2, 0.25) is 5.89 Å². The van der Waals surface area contributed by atoms with Crippen molar-refractivity contribution in [3.8, 4) is 11.5 Å². The maximum Gasteiger partial charge on any atom is 0.277 e. The zero-order valence-electron chi connectivity index (χ0n) is 13.6. The summed E-state index contributed by atoms with van der Waals surface area (Å²) in [5.74, 6) is 1.27. The normalized spacial score (nSPS) is 21.4. The van der Waals surface area contributed by atoms with Crippen LogP contribution in [-0.4, -0.2) is 37.9 Å². The lowest BCUT2D eigenvalue weighted by atomic mass is 9.97. The highest BCUT2D eigenvalue weighted by atomic mass is 32.2. The number of pyridine rings is 1. The number of aromatic nitrogens is 3. The van der Waals surface area contributed by atoms with Crippen molar-refractivity contribution in [2.24, 2.45) is 0 Å². The highest BCUT2D eigenvalue weighted by molar-refractivity contribution is 7.99. The minimum atomic E-state index is 0.505. The summed E-state index contributed by atoms with van der Waals surface area (Å²) in [6.07, 6.45) is 7.22. The molecule has 0 bridgehead atoms. The van der Waals surface area contributed by atoms with E-state index >= 15 is 0 Å². The summed E-state index contributed by atoms with van der Waals surface area (Å²) in [6, 6.07) is 4.87. The van der Waals surface area contributed by atoms with Gasteiger partial charge >= 0.3 is 0 Å². The van der Waals surface area contributed by atoms with E-state index in [-0.39, 0.29) is 0 Å². The Morgan fingerprint density at radius 2 is 2.13 bits per heavy atom. The minimum absolute atomic E-state index is 0.505. The fourth-order valence-electron chi connectivity index (χ4n) is 3.14. The van der Waals surface area contributed by atoms with Crippen molar-refractivity contribution >= 4 is 11.8 Å². The zero-order valence-corrected chi connectivity index (χ0v) is 14.4. The lowest BCUT2D eigenvalue weighted by Gasteiger charge is -2.42. The lowest BCUT2D eigenvalue weighted by Crippen LogP contribution is -2.43. The Hall–Kier alpha value is -1.82. The summed E-state index contributed by atoms with van der Waals surface area (Å²) in [7, 11) is 0. The SMILES string of the molecule is C=C(CSc1nnc(-c2cccnc2)o1)N1C(C)CCCC1C. The Morgan fingerprint density at radius 3 is 2.83 bits per heavy atom. The number of nitrogens with zero attached hydrogens (tertiary/aromatic N) is 4. The van der Waals surface area contributed by atoms with Gasteiger partial charge in [-0.15, -0.1) is 10.2 Å². The second kappa shape index (κ2) is 7.17. The van der Waals surface area contributed by atoms with E-state index in [0.717, 1.165) is 17.0 Å². The first-order chi connectivity index (χ1) is 11.1. The molecule has 3 rings (SSSR count). The van der Waals surface area contributed by atoms with Gasteiger partial charge < -0.3 is 9.32 Å². The van der Waals surface area contributed by atoms with Crippen molar-refractivity contribution < 1.29 is 4.42 Å². The first-order valence-electron chi connectivity index (χ1n) is 7.98. The topological polar surface area (TPSA) is 55.1 Å². The highest BCUT2D eigenvalue weighted by Gasteiger charge is 2.25. The van der Waals surface area contributed by atoms with E-state index in [9.17, 15) is 0 Å². The van der Waals surface area contributed by atoms with Crippen LogP contribution in [0.4, 0.5) is 0 Å². The molecule has 1 aliphatic rings. The van der Waals surface area contributed by atoms with E-state index in [1.165, 1.54) is 31.0 Å². The van der Waals surface area contributed by atoms with E-state index in [2.05, 4.69) is 40.5 Å². The molecule has 2 unspecified atom stereocenters. The van der Waals surface area contributed by atoms with Crippen molar-refractivity contribution in [3.63, 3.8) is 0 Å². The molecule has 0 aromatic carbocycles. The second-order valence-corrected chi connectivity index (χ2v) is 6.93. The molecular formula is C17H22N4OS. The Bertz CT molecular complexity index is 648. The number of rotatable bonds is 5. The number of thioether (sulfide) groups is 1. The van der Waals surface area contributed by atoms with Crippen molar-refractivity contribution in [1.29, 1.82) is 0 Å². The summed E-state index contributed by atoms with van der Waals surface area (Å²) in [5, 5.41) is 8.76. The molecule has 2 aromatic heterocycles. The maximum absolute atomic E-state index is 5.70. The van der Waals surface area contributed by atoms with Crippen molar-refractivity contribution in [3.05, 3.63) is 36.8 Å². The van der Waals surface area contributed by atoms with E-state index < -0.39 is 0 Å². The van der Waals surface area contributed by atoms with Gasteiger partial charge in [-0.05, 0) is 45.2 Å². The average molecular weight is 330 g/mol. The Labute approximate surface area is 141 Å². The van der Waals surface area contributed by atoms with Gasteiger partial charge in [-0.3, -0.25) is 4.98 Å². The molecule has 0 aliphatic carbocycles. The summed E-state index contributed by atoms with van der Waals surface area (Å²) in [5.41, 5.74) is 1.97. The van der Waals surface area contributed by atoms with Crippen LogP contribution in [0.25, 0.3) is 11.5 Å². The average Bonchev–Trinajstić information content (AvgIpc) is 3.02. The smallest absolute Gasteiger partial charge is 0.277 e. The molecule has 1 aliphatic heterocycles. The largest absolute Gasteiger partial charge is 0.411 e. The van der Waals surface area contributed by atoms with Gasteiger partial charge in [0.15, 0.2) is 0 Å². The van der Waals surface area contributed by atoms with Crippen LogP contribution in [0.5, 0.6) is 0 Å². The number of piperidine rings is 1. The molecule has 122 valence electrons. The van der Waals surface area contributed by atoms with Gasteiger partial charge in [-0.25, -0.2) is 0 Å². The molecule has 5 nitrogen and oxygen atoms in total. The van der Waals surface area contributed by atoms with Crippen LogP contribution in [0.1, 0.15) is 33.1 Å². The fourth-order valence-corrected chi connectivity index (χ4v) is 3.81. The standard InChI is InChI=1S/C17H22N4OS/c1-12-6-4-7-13(2)21(12)14(3)11-23-17-20-19-16(22-17)15-8-5-9-18-10-15/h5,8-10,12-13H,3-4,6-7,11H2,1-2H3. The Kier molecular flexibility index (Phi) is 5.00. The van der Waals surface area contributed by atoms with Crippen LogP contribution < -0.4 is 0 Å². The van der Waals surface area contributed by atoms with Crippen molar-refractivity contribution in [1.82, 2.24) is 20.1 Å². The molecule has 0 radical (unpaired) electrons. The van der Waals surface area contributed by atoms with Crippen LogP contribution in [0, 0.1) is 0 Å². The van der Waals surface area contributed by atoms with Crippen LogP contribution >= 0.6 is 11.8 Å². The third-order valence-electron chi connectivity index (χ3n) is 4.24. The second-order valence-electron chi connectivity index (χ2n) is 6.01. The molecular weight excluding hydrogens is 308 g/mol. The van der Waals surface area contributed by atoms with Gasteiger partial charge in [-0.2, -0.15) is 0 Å². The molecule has 6 heteroatoms. The summed E-state index contributed by atoms with van der Waals surface area (Å²) in [6.45, 7) is 8.82. The monoisotopic (exact) mass is 330 g/mol. The highest BCUT2D eigenvalue weighted by Crippen LogP contribution is 2.30. The maximum atomic E-state index is 5.70. The number of hydrogen-bond donors (Lipinski definition) is 0. The molecule has 3 heterocycles. The quantitative estimate of drug-likeness (QED) is 0.772. The molecule has 0 amide bonds. The Morgan fingerprint density at radius 1 is 1.35 bits per heavy atom. The van der Waals surface area contributed by atoms with Gasteiger partial charge in [0.1, 0.15) is 0 Å². The first kappa shape index (κ1) is 16.1. The zero-order chi connectivity index (χ0) is 16.2. The molecule has 23 heavy (non-hydrogen) atoms. The molecule has 2 atom stereocenters. The summed E-state index contributed by atoms with van der Waals surface area (Å²) in [4.78, 5) is 6.51. The predicted octanol–water partition coefficient (Wildman–Crippen LogP) is 4.00. The van der Waals surface area contributed by atoms with Gasteiger partial charge in [0, 0.05) is 35.9 Å². The molecule has 0 spiro atoms. The van der Waals surface area contributed by atoms with E-state index in [1.54, 1.807) is 12.4 Å². The molecule has 0 saturated carbocycles. The van der Waals surface area contributed by atoms with E-state index in [1.807, 2.05) is 12.1 Å². The molecule has 0 N–H and O–H groups in total. The van der Waals surface area contributed by atoms with Crippen LogP contribution in [0.15, 0.2) is 46.4 Å². The molecule has 1 fully saturated rings. The van der Waals surface area contributed by atoms with Gasteiger partial charge in [0.25, 0.3) is 5.22 Å². The minimum Gasteiger partial charge on any atom is -0.411 e. The van der Waals surface area contributed by atoms with Crippen molar-refractivity contribution in [2.75, 3.05) is 5.75 Å². The third kappa shape index (κ3) is 3.75. The molecule has 2 aromatic rings. The van der Waals surface area contributed by atoms with Crippen molar-refractivity contribution in [2.45, 2.75) is 50.4 Å². The number of hydrogen-bond acceptors (Lipinski definition) is 6. The Balaban J connectivity index is 1.60. The fraction of sp³-hybridized carbons (Fsp3) is 0.471. The number of likely N-dealkylation sites (tertiary alicyclic amines) is 1. The van der Waals surface area contributed by atoms with Crippen LogP contribution in [-0.2, 0) is 0 Å². The van der Waals surface area contributed by atoms with Gasteiger partial charge in [-0.1, -0.05) is 18.3 Å². The summed E-state index contributed by atoms with van der Waals surface area (Å²) >= 11 is 1.54.